The molecule has 1 aromatic rings. The second-order valence-corrected chi connectivity index (χ2v) is 5.56. The van der Waals surface area contributed by atoms with Crippen molar-refractivity contribution in [1.29, 1.82) is 0 Å². The van der Waals surface area contributed by atoms with Crippen molar-refractivity contribution in [2.24, 2.45) is 5.92 Å². The molecule has 1 aliphatic carbocycles. The van der Waals surface area contributed by atoms with Crippen LogP contribution in [0.2, 0.25) is 0 Å². The lowest BCUT2D eigenvalue weighted by atomic mass is 10.1. The average Bonchev–Trinajstić information content (AvgIpc) is 3.01. The lowest BCUT2D eigenvalue weighted by Gasteiger charge is -2.27. The second-order valence-electron chi connectivity index (χ2n) is 5.56. The Morgan fingerprint density at radius 2 is 2.16 bits per heavy atom. The van der Waals surface area contributed by atoms with Gasteiger partial charge in [0.2, 0.25) is 5.91 Å². The predicted molar refractivity (Wildman–Crippen MR) is 69.9 cm³/mol. The van der Waals surface area contributed by atoms with Crippen LogP contribution in [-0.2, 0) is 11.2 Å². The number of likely N-dealkylation sites (tertiary alicyclic amines) is 1. The molecule has 2 unspecified atom stereocenters. The molecule has 0 aromatic heterocycles. The van der Waals surface area contributed by atoms with Gasteiger partial charge in [0, 0.05) is 12.6 Å². The monoisotopic (exact) mass is 259 g/mol. The fourth-order valence-electron chi connectivity index (χ4n) is 3.32. The Morgan fingerprint density at radius 3 is 2.79 bits per heavy atom. The number of aromatic carboxylic acids is 1. The molecule has 2 atom stereocenters. The van der Waals surface area contributed by atoms with Crippen LogP contribution >= 0.6 is 0 Å². The Morgan fingerprint density at radius 1 is 1.32 bits per heavy atom. The number of hydrogen-bond donors (Lipinski definition) is 1. The van der Waals surface area contributed by atoms with Crippen LogP contribution in [0.5, 0.6) is 0 Å². The molecule has 2 fully saturated rings. The van der Waals surface area contributed by atoms with Crippen molar-refractivity contribution in [3.05, 3.63) is 35.4 Å². The summed E-state index contributed by atoms with van der Waals surface area (Å²) in [7, 11) is 0. The van der Waals surface area contributed by atoms with E-state index in [1.54, 1.807) is 18.2 Å². The van der Waals surface area contributed by atoms with Crippen LogP contribution in [-0.4, -0.2) is 34.5 Å². The lowest BCUT2D eigenvalue weighted by molar-refractivity contribution is -0.132. The summed E-state index contributed by atoms with van der Waals surface area (Å²) in [6.07, 6.45) is 3.85. The molecular weight excluding hydrogens is 242 g/mol. The zero-order chi connectivity index (χ0) is 13.4. The zero-order valence-corrected chi connectivity index (χ0v) is 10.7. The first-order chi connectivity index (χ1) is 9.13. The third-order valence-corrected chi connectivity index (χ3v) is 4.26. The van der Waals surface area contributed by atoms with Gasteiger partial charge in [-0.3, -0.25) is 4.79 Å². The van der Waals surface area contributed by atoms with Crippen molar-refractivity contribution in [1.82, 2.24) is 4.90 Å². The fourth-order valence-corrected chi connectivity index (χ4v) is 3.32. The molecule has 0 radical (unpaired) electrons. The maximum Gasteiger partial charge on any atom is 0.335 e. The van der Waals surface area contributed by atoms with Crippen molar-refractivity contribution in [2.45, 2.75) is 31.7 Å². The quantitative estimate of drug-likeness (QED) is 0.902. The van der Waals surface area contributed by atoms with Gasteiger partial charge in [0.05, 0.1) is 12.0 Å². The van der Waals surface area contributed by atoms with Crippen molar-refractivity contribution in [3.63, 3.8) is 0 Å². The number of fused-ring (bicyclic) bond motifs is 2. The molecule has 1 heterocycles. The summed E-state index contributed by atoms with van der Waals surface area (Å²) in [5, 5.41) is 8.95. The topological polar surface area (TPSA) is 57.6 Å². The Balaban J connectivity index is 1.69. The zero-order valence-electron chi connectivity index (χ0n) is 10.7. The van der Waals surface area contributed by atoms with E-state index in [0.717, 1.165) is 24.9 Å². The molecule has 1 N–H and O–H groups in total. The summed E-state index contributed by atoms with van der Waals surface area (Å²) in [5.41, 5.74) is 1.03. The summed E-state index contributed by atoms with van der Waals surface area (Å²) in [6.45, 7) is 0.891. The molecule has 1 saturated heterocycles. The summed E-state index contributed by atoms with van der Waals surface area (Å²) < 4.78 is 0. The number of amides is 1. The molecule has 1 aromatic carbocycles. The highest BCUT2D eigenvalue weighted by molar-refractivity contribution is 5.88. The molecule has 1 amide bonds. The molecule has 4 nitrogen and oxygen atoms in total. The molecule has 4 heteroatoms. The first kappa shape index (κ1) is 12.2. The molecule has 0 spiro atoms. The van der Waals surface area contributed by atoms with Gasteiger partial charge in [-0.25, -0.2) is 4.79 Å². The summed E-state index contributed by atoms with van der Waals surface area (Å²) in [6, 6.07) is 7.09. The van der Waals surface area contributed by atoms with E-state index in [4.69, 9.17) is 5.11 Å². The predicted octanol–water partition coefficient (Wildman–Crippen LogP) is 1.94. The third kappa shape index (κ3) is 2.35. The van der Waals surface area contributed by atoms with E-state index in [2.05, 4.69) is 0 Å². The molecule has 3 rings (SSSR count). The standard InChI is InChI=1S/C15H17NO3/c17-14(16-9-11-4-5-13(16)7-11)8-10-2-1-3-12(6-10)15(18)19/h1-3,6,11,13H,4-5,7-9H2,(H,18,19). The minimum absolute atomic E-state index is 0.134. The van der Waals surface area contributed by atoms with Gasteiger partial charge in [0.25, 0.3) is 0 Å². The van der Waals surface area contributed by atoms with Crippen molar-refractivity contribution >= 4 is 11.9 Å². The minimum atomic E-state index is -0.950. The molecule has 100 valence electrons. The summed E-state index contributed by atoms with van der Waals surface area (Å²) in [4.78, 5) is 25.2. The van der Waals surface area contributed by atoms with Gasteiger partial charge in [0.1, 0.15) is 0 Å². The van der Waals surface area contributed by atoms with Gasteiger partial charge in [0.15, 0.2) is 0 Å². The lowest BCUT2D eigenvalue weighted by Crippen LogP contribution is -2.38. The molecule has 2 bridgehead atoms. The number of rotatable bonds is 3. The van der Waals surface area contributed by atoms with Gasteiger partial charge in [-0.2, -0.15) is 0 Å². The van der Waals surface area contributed by atoms with Crippen molar-refractivity contribution < 1.29 is 14.7 Å². The number of carbonyl (C=O) groups excluding carboxylic acids is 1. The van der Waals surface area contributed by atoms with E-state index in [1.165, 1.54) is 6.42 Å². The van der Waals surface area contributed by atoms with Gasteiger partial charge >= 0.3 is 5.97 Å². The minimum Gasteiger partial charge on any atom is -0.478 e. The largest absolute Gasteiger partial charge is 0.478 e. The Kier molecular flexibility index (Phi) is 3.01. The van der Waals surface area contributed by atoms with E-state index >= 15 is 0 Å². The first-order valence-electron chi connectivity index (χ1n) is 6.75. The number of hydrogen-bond acceptors (Lipinski definition) is 2. The number of carbonyl (C=O) groups is 2. The maximum absolute atomic E-state index is 12.3. The van der Waals surface area contributed by atoms with Crippen molar-refractivity contribution in [3.8, 4) is 0 Å². The van der Waals surface area contributed by atoms with Crippen LogP contribution in [0.4, 0.5) is 0 Å². The van der Waals surface area contributed by atoms with E-state index in [-0.39, 0.29) is 11.5 Å². The molecule has 2 aliphatic rings. The Bertz CT molecular complexity index is 526. The summed E-state index contributed by atoms with van der Waals surface area (Å²) in [5.74, 6) is -0.122. The van der Waals surface area contributed by atoms with Crippen LogP contribution in [0.1, 0.15) is 35.2 Å². The van der Waals surface area contributed by atoms with E-state index in [0.29, 0.717) is 18.4 Å². The highest BCUT2D eigenvalue weighted by atomic mass is 16.4. The molecular formula is C15H17NO3. The smallest absolute Gasteiger partial charge is 0.335 e. The van der Waals surface area contributed by atoms with Gasteiger partial charge in [-0.05, 0) is 42.9 Å². The first-order valence-corrected chi connectivity index (χ1v) is 6.75. The van der Waals surface area contributed by atoms with Crippen molar-refractivity contribution in [2.75, 3.05) is 6.54 Å². The highest BCUT2D eigenvalue weighted by Gasteiger charge is 2.39. The number of benzene rings is 1. The van der Waals surface area contributed by atoms with Gasteiger partial charge in [-0.1, -0.05) is 12.1 Å². The van der Waals surface area contributed by atoms with Crippen LogP contribution in [0.25, 0.3) is 0 Å². The van der Waals surface area contributed by atoms with Gasteiger partial charge < -0.3 is 10.0 Å². The summed E-state index contributed by atoms with van der Waals surface area (Å²) >= 11 is 0. The number of carboxylic acid groups (broad SMARTS) is 1. The average molecular weight is 259 g/mol. The van der Waals surface area contributed by atoms with E-state index in [1.807, 2.05) is 11.0 Å². The number of nitrogens with zero attached hydrogens (tertiary/aromatic N) is 1. The molecule has 1 saturated carbocycles. The normalized spacial score (nSPS) is 24.7. The SMILES string of the molecule is O=C(O)c1cccc(CC(=O)N2CC3CCC2C3)c1. The van der Waals surface area contributed by atoms with Crippen LogP contribution in [0, 0.1) is 5.92 Å². The Hall–Kier alpha value is -1.84. The van der Waals surface area contributed by atoms with Crippen LogP contribution in [0.3, 0.4) is 0 Å². The number of carboxylic acids is 1. The second kappa shape index (κ2) is 4.68. The van der Waals surface area contributed by atoms with Gasteiger partial charge in [-0.15, -0.1) is 0 Å². The maximum atomic E-state index is 12.3. The third-order valence-electron chi connectivity index (χ3n) is 4.26. The van der Waals surface area contributed by atoms with Crippen LogP contribution in [0.15, 0.2) is 24.3 Å². The number of piperidine rings is 1. The van der Waals surface area contributed by atoms with Crippen LogP contribution < -0.4 is 0 Å². The fraction of sp³-hybridized carbons (Fsp3) is 0.467. The highest BCUT2D eigenvalue weighted by Crippen LogP contribution is 2.37. The van der Waals surface area contributed by atoms with E-state index in [9.17, 15) is 9.59 Å². The molecule has 19 heavy (non-hydrogen) atoms. The Labute approximate surface area is 112 Å². The van der Waals surface area contributed by atoms with E-state index < -0.39 is 5.97 Å². The molecule has 1 aliphatic heterocycles.